The number of benzene rings is 1. The minimum atomic E-state index is -5.15. The van der Waals surface area contributed by atoms with Crippen LogP contribution in [0.3, 0.4) is 0 Å². The van der Waals surface area contributed by atoms with E-state index in [1.54, 1.807) is 0 Å². The minimum Gasteiger partial charge on any atom is -0.493 e. The number of aryl methyl sites for hydroxylation is 1. The molecule has 0 amide bonds. The molecule has 3 aliphatic rings. The van der Waals surface area contributed by atoms with E-state index >= 15 is 0 Å². The van der Waals surface area contributed by atoms with Crippen LogP contribution in [0.2, 0.25) is 0 Å². The number of unbranched alkanes of at least 4 members (excludes halogenated alkanes) is 2. The van der Waals surface area contributed by atoms with E-state index in [-0.39, 0.29) is 30.1 Å². The molecule has 1 aromatic rings. The van der Waals surface area contributed by atoms with Crippen LogP contribution in [-0.2, 0) is 18.8 Å². The minimum absolute atomic E-state index is 0.0110. The van der Waals surface area contributed by atoms with Crippen molar-refractivity contribution in [2.45, 2.75) is 162 Å². The summed E-state index contributed by atoms with van der Waals surface area (Å²) in [6.07, 6.45) is 13.8. The van der Waals surface area contributed by atoms with Gasteiger partial charge >= 0.3 is 12.4 Å². The van der Waals surface area contributed by atoms with E-state index in [2.05, 4.69) is 6.92 Å². The first-order valence-electron chi connectivity index (χ1n) is 18.3. The summed E-state index contributed by atoms with van der Waals surface area (Å²) in [5.41, 5.74) is -3.24. The third kappa shape index (κ3) is 10.3. The van der Waals surface area contributed by atoms with Crippen molar-refractivity contribution in [2.75, 3.05) is 6.61 Å². The van der Waals surface area contributed by atoms with Crippen molar-refractivity contribution in [1.82, 2.24) is 0 Å². The number of ether oxygens (including phenoxy) is 1. The van der Waals surface area contributed by atoms with Crippen LogP contribution in [0, 0.1) is 42.4 Å². The lowest BCUT2D eigenvalue weighted by atomic mass is 9.67. The first kappa shape index (κ1) is 36.4. The highest BCUT2D eigenvalue weighted by molar-refractivity contribution is 5.52. The standard InChI is InChI=1S/C38H58F6O/c1-4-6-7-8-27-9-11-28(12-10-27)13-14-29-15-20-31(21-16-29)32-22-17-30(18-23-32)19-24-33-26(3)25-34(45-5-2)36(38(42,43)44)35(33)37(39,40)41/h25,27-32H,4-24H2,1-3H3. The monoisotopic (exact) mass is 644 g/mol. The molecular weight excluding hydrogens is 586 g/mol. The largest absolute Gasteiger partial charge is 0.493 e. The van der Waals surface area contributed by atoms with Gasteiger partial charge in [-0.15, -0.1) is 0 Å². The summed E-state index contributed by atoms with van der Waals surface area (Å²) in [6, 6.07) is 1.14. The van der Waals surface area contributed by atoms with Gasteiger partial charge in [0.05, 0.1) is 12.2 Å². The van der Waals surface area contributed by atoms with Gasteiger partial charge in [0, 0.05) is 0 Å². The van der Waals surface area contributed by atoms with E-state index in [1.165, 1.54) is 104 Å². The molecule has 3 aliphatic carbocycles. The lowest BCUT2D eigenvalue weighted by Gasteiger charge is -2.38. The van der Waals surface area contributed by atoms with Gasteiger partial charge in [-0.2, -0.15) is 26.3 Å². The Morgan fingerprint density at radius 3 is 1.49 bits per heavy atom. The molecule has 0 unspecified atom stereocenters. The van der Waals surface area contributed by atoms with Gasteiger partial charge in [0.1, 0.15) is 11.3 Å². The van der Waals surface area contributed by atoms with Gasteiger partial charge in [0.15, 0.2) is 0 Å². The molecule has 0 N–H and O–H groups in total. The molecule has 4 rings (SSSR count). The van der Waals surface area contributed by atoms with E-state index in [0.717, 1.165) is 55.4 Å². The van der Waals surface area contributed by atoms with Crippen molar-refractivity contribution in [3.05, 3.63) is 28.3 Å². The Balaban J connectivity index is 1.21. The van der Waals surface area contributed by atoms with Gasteiger partial charge in [-0.25, -0.2) is 0 Å². The first-order chi connectivity index (χ1) is 21.4. The van der Waals surface area contributed by atoms with E-state index in [1.807, 2.05) is 0 Å². The zero-order chi connectivity index (χ0) is 32.6. The van der Waals surface area contributed by atoms with Crippen LogP contribution in [0.4, 0.5) is 26.3 Å². The Hall–Kier alpha value is -1.40. The molecule has 0 radical (unpaired) electrons. The van der Waals surface area contributed by atoms with Crippen LogP contribution in [0.15, 0.2) is 6.07 Å². The van der Waals surface area contributed by atoms with Crippen LogP contribution < -0.4 is 4.74 Å². The Morgan fingerprint density at radius 2 is 1.04 bits per heavy atom. The topological polar surface area (TPSA) is 9.23 Å². The van der Waals surface area contributed by atoms with Crippen molar-refractivity contribution in [3.63, 3.8) is 0 Å². The Bertz CT molecular complexity index is 1020. The van der Waals surface area contributed by atoms with Crippen LogP contribution in [0.5, 0.6) is 5.75 Å². The quantitative estimate of drug-likeness (QED) is 0.153. The molecule has 0 saturated heterocycles. The van der Waals surface area contributed by atoms with Gasteiger partial charge < -0.3 is 4.74 Å². The van der Waals surface area contributed by atoms with E-state index in [9.17, 15) is 26.3 Å². The molecule has 0 aromatic heterocycles. The normalized spacial score (nSPS) is 28.3. The molecule has 0 aliphatic heterocycles. The fraction of sp³-hybridized carbons (Fsp3) is 0.842. The summed E-state index contributed by atoms with van der Waals surface area (Å²) in [5.74, 6) is 3.80. The van der Waals surface area contributed by atoms with E-state index < -0.39 is 29.2 Å². The number of halogens is 6. The summed E-state index contributed by atoms with van der Waals surface area (Å²) >= 11 is 0. The second-order valence-corrected chi connectivity index (χ2v) is 14.9. The molecule has 3 fully saturated rings. The second-order valence-electron chi connectivity index (χ2n) is 14.9. The summed E-state index contributed by atoms with van der Waals surface area (Å²) in [7, 11) is 0. The lowest BCUT2D eigenvalue weighted by Crippen LogP contribution is -2.26. The number of rotatable bonds is 13. The fourth-order valence-corrected chi connectivity index (χ4v) is 9.22. The fourth-order valence-electron chi connectivity index (χ4n) is 9.22. The van der Waals surface area contributed by atoms with Crippen molar-refractivity contribution >= 4 is 0 Å². The maximum atomic E-state index is 14.1. The highest BCUT2D eigenvalue weighted by Crippen LogP contribution is 2.49. The predicted octanol–water partition coefficient (Wildman–Crippen LogP) is 13.1. The molecule has 0 heterocycles. The van der Waals surface area contributed by atoms with E-state index in [4.69, 9.17) is 4.74 Å². The maximum absolute atomic E-state index is 14.1. The Labute approximate surface area is 268 Å². The second kappa shape index (κ2) is 16.6. The summed E-state index contributed by atoms with van der Waals surface area (Å²) in [6.45, 7) is 5.09. The van der Waals surface area contributed by atoms with E-state index in [0.29, 0.717) is 12.3 Å². The highest BCUT2D eigenvalue weighted by Gasteiger charge is 2.48. The van der Waals surface area contributed by atoms with Gasteiger partial charge in [0.25, 0.3) is 0 Å². The molecule has 1 nitrogen and oxygen atoms in total. The van der Waals surface area contributed by atoms with Crippen molar-refractivity contribution < 1.29 is 31.1 Å². The predicted molar refractivity (Wildman–Crippen MR) is 170 cm³/mol. The number of hydrogen-bond acceptors (Lipinski definition) is 1. The van der Waals surface area contributed by atoms with Crippen LogP contribution >= 0.6 is 0 Å². The van der Waals surface area contributed by atoms with Crippen LogP contribution in [-0.4, -0.2) is 6.61 Å². The maximum Gasteiger partial charge on any atom is 0.420 e. The summed E-state index contributed by atoms with van der Waals surface area (Å²) in [5, 5.41) is 0. The molecule has 0 spiro atoms. The lowest BCUT2D eigenvalue weighted by molar-refractivity contribution is -0.163. The molecule has 1 aromatic carbocycles. The van der Waals surface area contributed by atoms with Crippen molar-refractivity contribution in [1.29, 1.82) is 0 Å². The van der Waals surface area contributed by atoms with Gasteiger partial charge in [0.2, 0.25) is 0 Å². The summed E-state index contributed by atoms with van der Waals surface area (Å²) < 4.78 is 89.2. The third-order valence-corrected chi connectivity index (χ3v) is 11.9. The highest BCUT2D eigenvalue weighted by atomic mass is 19.4. The Kier molecular flexibility index (Phi) is 13.5. The summed E-state index contributed by atoms with van der Waals surface area (Å²) in [4.78, 5) is 0. The van der Waals surface area contributed by atoms with Crippen LogP contribution in [0.1, 0.15) is 158 Å². The number of alkyl halides is 6. The Morgan fingerprint density at radius 1 is 0.600 bits per heavy atom. The van der Waals surface area contributed by atoms with Crippen molar-refractivity contribution in [3.8, 4) is 5.75 Å². The average Bonchev–Trinajstić information content (AvgIpc) is 2.99. The van der Waals surface area contributed by atoms with Gasteiger partial charge in [-0.05, 0) is 105 Å². The first-order valence-corrected chi connectivity index (χ1v) is 18.3. The van der Waals surface area contributed by atoms with Crippen molar-refractivity contribution in [2.24, 2.45) is 35.5 Å². The molecule has 45 heavy (non-hydrogen) atoms. The van der Waals surface area contributed by atoms with Gasteiger partial charge in [-0.3, -0.25) is 0 Å². The molecular formula is C38H58F6O. The average molecular weight is 645 g/mol. The third-order valence-electron chi connectivity index (χ3n) is 11.9. The zero-order valence-electron chi connectivity index (χ0n) is 28.1. The van der Waals surface area contributed by atoms with Crippen LogP contribution in [0.25, 0.3) is 0 Å². The molecule has 0 atom stereocenters. The molecule has 7 heteroatoms. The smallest absolute Gasteiger partial charge is 0.420 e. The molecule has 258 valence electrons. The molecule has 3 saturated carbocycles. The number of hydrogen-bond donors (Lipinski definition) is 0. The zero-order valence-corrected chi connectivity index (χ0v) is 28.1. The SMILES string of the molecule is CCCCCC1CCC(CCC2CCC(C3CCC(CCc4c(C)cc(OCC)c(C(F)(F)F)c4C(F)(F)F)CC3)CC2)CC1. The van der Waals surface area contributed by atoms with Gasteiger partial charge in [-0.1, -0.05) is 96.8 Å². The molecule has 0 bridgehead atoms.